The number of amides is 1. The summed E-state index contributed by atoms with van der Waals surface area (Å²) in [4.78, 5) is 16.3. The normalized spacial score (nSPS) is 17.2. The Hall–Kier alpha value is -2.03. The summed E-state index contributed by atoms with van der Waals surface area (Å²) in [7, 11) is 0. The lowest BCUT2D eigenvalue weighted by Crippen LogP contribution is -2.33. The molecule has 0 bridgehead atoms. The standard InChI is InChI=1S/C12H15N5O/c1-8-9(2)16-17-11(14-8)15-10(18)12(7-13)5-3-4-6-12/h3-6H2,1-2H3,(H,14,15,17,18). The summed E-state index contributed by atoms with van der Waals surface area (Å²) in [6.07, 6.45) is 3.03. The van der Waals surface area contributed by atoms with E-state index in [1.54, 1.807) is 13.8 Å². The van der Waals surface area contributed by atoms with Crippen molar-refractivity contribution in [1.82, 2.24) is 15.2 Å². The summed E-state index contributed by atoms with van der Waals surface area (Å²) in [5, 5.41) is 19.5. The molecule has 1 N–H and O–H groups in total. The minimum Gasteiger partial charge on any atom is -0.292 e. The van der Waals surface area contributed by atoms with Crippen molar-refractivity contribution in [3.05, 3.63) is 11.4 Å². The maximum atomic E-state index is 12.1. The maximum Gasteiger partial charge on any atom is 0.249 e. The monoisotopic (exact) mass is 245 g/mol. The Kier molecular flexibility index (Phi) is 3.24. The van der Waals surface area contributed by atoms with E-state index < -0.39 is 5.41 Å². The minimum absolute atomic E-state index is 0.171. The van der Waals surface area contributed by atoms with Crippen molar-refractivity contribution in [2.24, 2.45) is 5.41 Å². The van der Waals surface area contributed by atoms with Gasteiger partial charge in [0.15, 0.2) is 0 Å². The van der Waals surface area contributed by atoms with Gasteiger partial charge in [0.2, 0.25) is 11.9 Å². The van der Waals surface area contributed by atoms with Crippen molar-refractivity contribution in [3.63, 3.8) is 0 Å². The Labute approximate surface area is 105 Å². The molecular formula is C12H15N5O. The number of aromatic nitrogens is 3. The molecule has 1 heterocycles. The first-order valence-corrected chi connectivity index (χ1v) is 5.98. The van der Waals surface area contributed by atoms with E-state index in [2.05, 4.69) is 26.6 Å². The minimum atomic E-state index is -0.915. The highest BCUT2D eigenvalue weighted by Gasteiger charge is 2.41. The quantitative estimate of drug-likeness (QED) is 0.852. The van der Waals surface area contributed by atoms with Crippen LogP contribution in [0.2, 0.25) is 0 Å². The molecule has 1 aromatic heterocycles. The fourth-order valence-corrected chi connectivity index (χ4v) is 2.10. The number of hydrogen-bond donors (Lipinski definition) is 1. The first kappa shape index (κ1) is 12.4. The van der Waals surface area contributed by atoms with E-state index in [-0.39, 0.29) is 11.9 Å². The molecule has 0 aromatic carbocycles. The molecule has 0 aliphatic heterocycles. The van der Waals surface area contributed by atoms with Crippen LogP contribution in [0.3, 0.4) is 0 Å². The van der Waals surface area contributed by atoms with Crippen LogP contribution in [-0.2, 0) is 4.79 Å². The predicted octanol–water partition coefficient (Wildman–Crippen LogP) is 1.51. The molecule has 0 spiro atoms. The molecule has 0 saturated heterocycles. The highest BCUT2D eigenvalue weighted by atomic mass is 16.2. The molecule has 1 amide bonds. The van der Waals surface area contributed by atoms with Crippen molar-refractivity contribution >= 4 is 11.9 Å². The van der Waals surface area contributed by atoms with Crippen LogP contribution in [0.15, 0.2) is 0 Å². The number of nitrogens with zero attached hydrogens (tertiary/aromatic N) is 4. The van der Waals surface area contributed by atoms with Gasteiger partial charge in [0.1, 0.15) is 5.41 Å². The van der Waals surface area contributed by atoms with E-state index in [4.69, 9.17) is 0 Å². The first-order chi connectivity index (χ1) is 8.57. The van der Waals surface area contributed by atoms with E-state index >= 15 is 0 Å². The van der Waals surface area contributed by atoms with Gasteiger partial charge in [0, 0.05) is 0 Å². The average molecular weight is 245 g/mol. The predicted molar refractivity (Wildman–Crippen MR) is 64.4 cm³/mol. The van der Waals surface area contributed by atoms with Gasteiger partial charge in [-0.3, -0.25) is 10.1 Å². The second kappa shape index (κ2) is 4.69. The van der Waals surface area contributed by atoms with Gasteiger partial charge >= 0.3 is 0 Å². The van der Waals surface area contributed by atoms with Crippen LogP contribution >= 0.6 is 0 Å². The Balaban J connectivity index is 2.16. The van der Waals surface area contributed by atoms with E-state index in [0.717, 1.165) is 24.2 Å². The highest BCUT2D eigenvalue weighted by molar-refractivity contribution is 5.96. The van der Waals surface area contributed by atoms with Gasteiger partial charge in [0.25, 0.3) is 0 Å². The lowest BCUT2D eigenvalue weighted by atomic mass is 9.87. The summed E-state index contributed by atoms with van der Waals surface area (Å²) in [5.41, 5.74) is 0.531. The lowest BCUT2D eigenvalue weighted by molar-refractivity contribution is -0.122. The summed E-state index contributed by atoms with van der Waals surface area (Å²) >= 11 is 0. The second-order valence-electron chi connectivity index (χ2n) is 4.66. The fraction of sp³-hybridized carbons (Fsp3) is 0.583. The zero-order chi connectivity index (χ0) is 13.2. The molecule has 1 aliphatic rings. The molecule has 1 aromatic rings. The summed E-state index contributed by atoms with van der Waals surface area (Å²) in [6, 6.07) is 2.14. The molecular weight excluding hydrogens is 230 g/mol. The van der Waals surface area contributed by atoms with Crippen LogP contribution in [0.5, 0.6) is 0 Å². The van der Waals surface area contributed by atoms with Crippen LogP contribution in [0.4, 0.5) is 5.95 Å². The Morgan fingerprint density at radius 3 is 2.50 bits per heavy atom. The number of rotatable bonds is 2. The van der Waals surface area contributed by atoms with Gasteiger partial charge in [-0.25, -0.2) is 4.98 Å². The number of nitrogens with one attached hydrogen (secondary N) is 1. The van der Waals surface area contributed by atoms with Crippen LogP contribution in [0.1, 0.15) is 37.1 Å². The van der Waals surface area contributed by atoms with Crippen LogP contribution < -0.4 is 5.32 Å². The zero-order valence-corrected chi connectivity index (χ0v) is 10.5. The number of carbonyl (C=O) groups is 1. The third-order valence-electron chi connectivity index (χ3n) is 3.42. The summed E-state index contributed by atoms with van der Waals surface area (Å²) in [6.45, 7) is 3.60. The number of carbonyl (C=O) groups excluding carboxylic acids is 1. The van der Waals surface area contributed by atoms with E-state index in [0.29, 0.717) is 12.8 Å². The molecule has 2 rings (SSSR count). The van der Waals surface area contributed by atoms with Crippen LogP contribution in [0.25, 0.3) is 0 Å². The zero-order valence-electron chi connectivity index (χ0n) is 10.5. The van der Waals surface area contributed by atoms with Gasteiger partial charge in [-0.2, -0.15) is 10.4 Å². The van der Waals surface area contributed by atoms with Crippen molar-refractivity contribution in [2.75, 3.05) is 5.32 Å². The van der Waals surface area contributed by atoms with Crippen molar-refractivity contribution in [1.29, 1.82) is 5.26 Å². The number of anilines is 1. The number of aryl methyl sites for hydroxylation is 2. The third kappa shape index (κ3) is 2.16. The molecule has 6 nitrogen and oxygen atoms in total. The topological polar surface area (TPSA) is 91.6 Å². The SMILES string of the molecule is Cc1nnc(NC(=O)C2(C#N)CCCC2)nc1C. The first-order valence-electron chi connectivity index (χ1n) is 5.98. The Morgan fingerprint density at radius 2 is 1.94 bits per heavy atom. The largest absolute Gasteiger partial charge is 0.292 e. The van der Waals surface area contributed by atoms with E-state index in [1.807, 2.05) is 0 Å². The molecule has 0 atom stereocenters. The second-order valence-corrected chi connectivity index (χ2v) is 4.66. The molecule has 0 unspecified atom stereocenters. The summed E-state index contributed by atoms with van der Waals surface area (Å²) < 4.78 is 0. The van der Waals surface area contributed by atoms with Crippen LogP contribution in [0, 0.1) is 30.6 Å². The van der Waals surface area contributed by atoms with E-state index in [9.17, 15) is 10.1 Å². The number of hydrogen-bond acceptors (Lipinski definition) is 5. The molecule has 94 valence electrons. The Bertz CT molecular complexity index is 514. The lowest BCUT2D eigenvalue weighted by Gasteiger charge is -2.18. The molecule has 0 radical (unpaired) electrons. The Morgan fingerprint density at radius 1 is 1.28 bits per heavy atom. The smallest absolute Gasteiger partial charge is 0.249 e. The molecule has 1 saturated carbocycles. The van der Waals surface area contributed by atoms with E-state index in [1.165, 1.54) is 0 Å². The van der Waals surface area contributed by atoms with Gasteiger partial charge in [-0.15, -0.1) is 5.10 Å². The fourth-order valence-electron chi connectivity index (χ4n) is 2.10. The van der Waals surface area contributed by atoms with Gasteiger partial charge in [-0.05, 0) is 26.7 Å². The molecule has 1 aliphatic carbocycles. The molecule has 1 fully saturated rings. The summed E-state index contributed by atoms with van der Waals surface area (Å²) in [5.74, 6) is -0.142. The van der Waals surface area contributed by atoms with Gasteiger partial charge < -0.3 is 0 Å². The van der Waals surface area contributed by atoms with Gasteiger partial charge in [0.05, 0.1) is 17.5 Å². The average Bonchev–Trinajstić information content (AvgIpc) is 2.84. The van der Waals surface area contributed by atoms with Gasteiger partial charge in [-0.1, -0.05) is 12.8 Å². The van der Waals surface area contributed by atoms with Crippen LogP contribution in [-0.4, -0.2) is 21.1 Å². The maximum absolute atomic E-state index is 12.1. The third-order valence-corrected chi connectivity index (χ3v) is 3.42. The van der Waals surface area contributed by atoms with Crippen molar-refractivity contribution < 1.29 is 4.79 Å². The van der Waals surface area contributed by atoms with Crippen molar-refractivity contribution in [3.8, 4) is 6.07 Å². The highest BCUT2D eigenvalue weighted by Crippen LogP contribution is 2.38. The van der Waals surface area contributed by atoms with Crippen molar-refractivity contribution in [2.45, 2.75) is 39.5 Å². The molecule has 18 heavy (non-hydrogen) atoms. The number of nitriles is 1. The molecule has 6 heteroatoms.